The summed E-state index contributed by atoms with van der Waals surface area (Å²) in [6, 6.07) is 6.23. The molecule has 2 aromatic carbocycles. The Morgan fingerprint density at radius 3 is 2.50 bits per heavy atom. The lowest BCUT2D eigenvalue weighted by molar-refractivity contribution is 0.175. The van der Waals surface area contributed by atoms with Crippen molar-refractivity contribution in [2.24, 2.45) is 0 Å². The summed E-state index contributed by atoms with van der Waals surface area (Å²) in [7, 11) is 0. The topological polar surface area (TPSA) is 20.2 Å². The van der Waals surface area contributed by atoms with Gasteiger partial charge in [0.2, 0.25) is 0 Å². The standard InChI is InChI=1S/C14H9BrClF3O/c15-9-4-5-10(17)8(14(9)19)6-12(20)7-2-1-3-11(18)13(7)16/h1-5,12,20H,6H2. The second kappa shape index (κ2) is 6.16. The molecule has 0 bridgehead atoms. The first-order valence-electron chi connectivity index (χ1n) is 5.66. The molecule has 0 amide bonds. The van der Waals surface area contributed by atoms with E-state index in [4.69, 9.17) is 11.6 Å². The minimum absolute atomic E-state index is 0.0884. The molecule has 1 unspecified atom stereocenters. The summed E-state index contributed by atoms with van der Waals surface area (Å²) in [4.78, 5) is 0. The maximum Gasteiger partial charge on any atom is 0.143 e. The van der Waals surface area contributed by atoms with Crippen molar-refractivity contribution in [1.82, 2.24) is 0 Å². The molecule has 0 aliphatic rings. The number of halogens is 5. The molecule has 0 saturated heterocycles. The Morgan fingerprint density at radius 1 is 1.10 bits per heavy atom. The van der Waals surface area contributed by atoms with Gasteiger partial charge in [0.05, 0.1) is 15.6 Å². The predicted octanol–water partition coefficient (Wildman–Crippen LogP) is 4.80. The first kappa shape index (κ1) is 15.4. The Labute approximate surface area is 127 Å². The summed E-state index contributed by atoms with van der Waals surface area (Å²) in [5, 5.41) is 9.77. The van der Waals surface area contributed by atoms with Crippen LogP contribution in [0, 0.1) is 17.5 Å². The maximum atomic E-state index is 13.8. The van der Waals surface area contributed by atoms with Crippen LogP contribution in [0.15, 0.2) is 34.8 Å². The zero-order valence-corrected chi connectivity index (χ0v) is 12.4. The molecule has 20 heavy (non-hydrogen) atoms. The van der Waals surface area contributed by atoms with Crippen molar-refractivity contribution in [3.8, 4) is 0 Å². The highest BCUT2D eigenvalue weighted by atomic mass is 79.9. The van der Waals surface area contributed by atoms with Crippen LogP contribution in [0.1, 0.15) is 17.2 Å². The van der Waals surface area contributed by atoms with E-state index in [0.717, 1.165) is 12.1 Å². The Balaban J connectivity index is 2.35. The SMILES string of the molecule is OC(Cc1c(F)ccc(Br)c1F)c1cccc(F)c1Cl. The zero-order valence-electron chi connectivity index (χ0n) is 10.0. The lowest BCUT2D eigenvalue weighted by atomic mass is 10.0. The van der Waals surface area contributed by atoms with Crippen molar-refractivity contribution in [3.05, 3.63) is 68.4 Å². The van der Waals surface area contributed by atoms with Gasteiger partial charge in [0, 0.05) is 17.5 Å². The van der Waals surface area contributed by atoms with Gasteiger partial charge in [0.1, 0.15) is 17.5 Å². The quantitative estimate of drug-likeness (QED) is 0.775. The van der Waals surface area contributed by atoms with E-state index in [0.29, 0.717) is 0 Å². The number of rotatable bonds is 3. The molecule has 0 aromatic heterocycles. The molecule has 0 aliphatic carbocycles. The van der Waals surface area contributed by atoms with Crippen molar-refractivity contribution < 1.29 is 18.3 Å². The van der Waals surface area contributed by atoms with Gasteiger partial charge in [-0.1, -0.05) is 23.7 Å². The molecule has 2 rings (SSSR count). The summed E-state index contributed by atoms with van der Waals surface area (Å²) in [5.74, 6) is -2.27. The summed E-state index contributed by atoms with van der Waals surface area (Å²) in [6.45, 7) is 0. The fourth-order valence-electron chi connectivity index (χ4n) is 1.84. The molecular weight excluding hydrogens is 357 g/mol. The van der Waals surface area contributed by atoms with E-state index in [1.807, 2.05) is 0 Å². The van der Waals surface area contributed by atoms with Crippen LogP contribution in [-0.2, 0) is 6.42 Å². The fraction of sp³-hybridized carbons (Fsp3) is 0.143. The van der Waals surface area contributed by atoms with Crippen LogP contribution in [0.25, 0.3) is 0 Å². The summed E-state index contributed by atoms with van der Waals surface area (Å²) in [6.07, 6.45) is -1.66. The molecule has 0 aliphatic heterocycles. The van der Waals surface area contributed by atoms with Crippen molar-refractivity contribution >= 4 is 27.5 Å². The summed E-state index contributed by atoms with van der Waals surface area (Å²) in [5.41, 5.74) is -0.197. The minimum atomic E-state index is -1.31. The van der Waals surface area contributed by atoms with Crippen LogP contribution >= 0.6 is 27.5 Å². The molecular formula is C14H9BrClF3O. The second-order valence-electron chi connectivity index (χ2n) is 4.18. The van der Waals surface area contributed by atoms with Gasteiger partial charge in [0.15, 0.2) is 0 Å². The van der Waals surface area contributed by atoms with Crippen LogP contribution in [0.4, 0.5) is 13.2 Å². The monoisotopic (exact) mass is 364 g/mol. The van der Waals surface area contributed by atoms with Crippen molar-refractivity contribution in [2.75, 3.05) is 0 Å². The Morgan fingerprint density at radius 2 is 1.80 bits per heavy atom. The van der Waals surface area contributed by atoms with Gasteiger partial charge in [-0.05, 0) is 34.1 Å². The van der Waals surface area contributed by atoms with Crippen molar-refractivity contribution in [1.29, 1.82) is 0 Å². The highest BCUT2D eigenvalue weighted by Gasteiger charge is 2.20. The number of aliphatic hydroxyl groups is 1. The van der Waals surface area contributed by atoms with Crippen LogP contribution < -0.4 is 0 Å². The fourth-order valence-corrected chi connectivity index (χ4v) is 2.46. The number of aliphatic hydroxyl groups excluding tert-OH is 1. The van der Waals surface area contributed by atoms with Crippen LogP contribution in [0.2, 0.25) is 5.02 Å². The maximum absolute atomic E-state index is 13.8. The normalized spacial score (nSPS) is 12.5. The molecule has 1 atom stereocenters. The molecule has 1 nitrogen and oxygen atoms in total. The molecule has 1 N–H and O–H groups in total. The van der Waals surface area contributed by atoms with Gasteiger partial charge in [0.25, 0.3) is 0 Å². The van der Waals surface area contributed by atoms with Gasteiger partial charge in [-0.15, -0.1) is 0 Å². The van der Waals surface area contributed by atoms with E-state index >= 15 is 0 Å². The van der Waals surface area contributed by atoms with Crippen molar-refractivity contribution in [2.45, 2.75) is 12.5 Å². The molecule has 6 heteroatoms. The van der Waals surface area contributed by atoms with E-state index < -0.39 is 23.6 Å². The third kappa shape index (κ3) is 3.00. The number of hydrogen-bond acceptors (Lipinski definition) is 1. The largest absolute Gasteiger partial charge is 0.388 e. The van der Waals surface area contributed by atoms with Gasteiger partial charge in [-0.3, -0.25) is 0 Å². The van der Waals surface area contributed by atoms with E-state index in [2.05, 4.69) is 15.9 Å². The first-order chi connectivity index (χ1) is 9.41. The average molecular weight is 366 g/mol. The van der Waals surface area contributed by atoms with Gasteiger partial charge in [-0.25, -0.2) is 13.2 Å². The summed E-state index contributed by atoms with van der Waals surface area (Å²) >= 11 is 8.68. The van der Waals surface area contributed by atoms with Crippen molar-refractivity contribution in [3.63, 3.8) is 0 Å². The summed E-state index contributed by atoms with van der Waals surface area (Å²) < 4.78 is 40.8. The molecule has 0 saturated carbocycles. The average Bonchev–Trinajstić information content (AvgIpc) is 2.42. The van der Waals surface area contributed by atoms with Crippen LogP contribution in [-0.4, -0.2) is 5.11 Å². The van der Waals surface area contributed by atoms with E-state index in [9.17, 15) is 18.3 Å². The van der Waals surface area contributed by atoms with E-state index in [1.165, 1.54) is 18.2 Å². The van der Waals surface area contributed by atoms with E-state index in [1.54, 1.807) is 0 Å². The lowest BCUT2D eigenvalue weighted by Crippen LogP contribution is -2.07. The molecule has 0 fully saturated rings. The molecule has 0 radical (unpaired) electrons. The van der Waals surface area contributed by atoms with Crippen LogP contribution in [0.3, 0.4) is 0 Å². The number of hydrogen-bond donors (Lipinski definition) is 1. The van der Waals surface area contributed by atoms with Gasteiger partial charge in [-0.2, -0.15) is 0 Å². The zero-order chi connectivity index (χ0) is 14.9. The molecule has 2 aromatic rings. The van der Waals surface area contributed by atoms with E-state index in [-0.39, 0.29) is 27.0 Å². The Hall–Kier alpha value is -1.04. The van der Waals surface area contributed by atoms with Gasteiger partial charge >= 0.3 is 0 Å². The highest BCUT2D eigenvalue weighted by Crippen LogP contribution is 2.30. The Bertz CT molecular complexity index is 649. The highest BCUT2D eigenvalue weighted by molar-refractivity contribution is 9.10. The Kier molecular flexibility index (Phi) is 4.73. The third-order valence-corrected chi connectivity index (χ3v) is 3.89. The minimum Gasteiger partial charge on any atom is -0.388 e. The smallest absolute Gasteiger partial charge is 0.143 e. The third-order valence-electron chi connectivity index (χ3n) is 2.88. The molecule has 106 valence electrons. The second-order valence-corrected chi connectivity index (χ2v) is 5.42. The first-order valence-corrected chi connectivity index (χ1v) is 6.83. The molecule has 0 heterocycles. The number of benzene rings is 2. The molecule has 0 spiro atoms. The predicted molar refractivity (Wildman–Crippen MR) is 74.1 cm³/mol. The van der Waals surface area contributed by atoms with Crippen LogP contribution in [0.5, 0.6) is 0 Å². The lowest BCUT2D eigenvalue weighted by Gasteiger charge is -2.14. The van der Waals surface area contributed by atoms with Gasteiger partial charge < -0.3 is 5.11 Å².